The maximum Gasteiger partial charge on any atom is 0.422 e. The molecule has 0 aliphatic heterocycles. The molecule has 0 saturated carbocycles. The second-order valence-corrected chi connectivity index (χ2v) is 5.48. The molecular weight excluding hydrogens is 194 g/mol. The van der Waals surface area contributed by atoms with Crippen molar-refractivity contribution in [2.75, 3.05) is 6.61 Å². The fraction of sp³-hybridized carbons (Fsp3) is 0.625. The number of hydrogen-bond donors (Lipinski definition) is 0. The average Bonchev–Trinajstić information content (AvgIpc) is 1.97. The number of halogens is 2. The summed E-state index contributed by atoms with van der Waals surface area (Å²) in [5, 5.41) is 0. The molecule has 2 nitrogen and oxygen atoms in total. The van der Waals surface area contributed by atoms with Gasteiger partial charge < -0.3 is 4.74 Å². The lowest BCUT2D eigenvalue weighted by Gasteiger charge is -2.05. The van der Waals surface area contributed by atoms with Gasteiger partial charge in [-0.15, -0.1) is 0 Å². The predicted molar refractivity (Wildman–Crippen MR) is 49.0 cm³/mol. The molecule has 0 aromatic heterocycles. The fourth-order valence-corrected chi connectivity index (χ4v) is 1.50. The van der Waals surface area contributed by atoms with Crippen LogP contribution in [0.5, 0.6) is 0 Å². The first-order valence-corrected chi connectivity index (χ1v) is 6.59. The molecule has 0 atom stereocenters. The van der Waals surface area contributed by atoms with Crippen molar-refractivity contribution in [1.82, 2.24) is 0 Å². The highest BCUT2D eigenvalue weighted by Crippen LogP contribution is 2.14. The van der Waals surface area contributed by atoms with Crippen LogP contribution in [-0.2, 0) is 9.53 Å². The van der Waals surface area contributed by atoms with Crippen molar-refractivity contribution in [3.8, 4) is 0 Å². The Hall–Kier alpha value is -0.713. The molecule has 13 heavy (non-hydrogen) atoms. The first kappa shape index (κ1) is 12.3. The summed E-state index contributed by atoms with van der Waals surface area (Å²) in [6, 6.07) is -0.115. The molecular formula is C8H14F2O2Si. The topological polar surface area (TPSA) is 26.3 Å². The molecule has 0 heterocycles. The van der Waals surface area contributed by atoms with Crippen LogP contribution in [0.2, 0.25) is 12.6 Å². The van der Waals surface area contributed by atoms with Gasteiger partial charge in [0.15, 0.2) is 0 Å². The van der Waals surface area contributed by atoms with Crippen molar-refractivity contribution in [2.45, 2.75) is 25.9 Å². The van der Waals surface area contributed by atoms with E-state index in [1.54, 1.807) is 13.0 Å². The maximum atomic E-state index is 12.4. The molecule has 0 fully saturated rings. The van der Waals surface area contributed by atoms with Crippen LogP contribution in [-0.4, -0.2) is 21.3 Å². The van der Waals surface area contributed by atoms with Gasteiger partial charge in [-0.3, -0.25) is 8.22 Å². The second kappa shape index (κ2) is 5.85. The SMILES string of the molecule is CC=CC(=O)OCCC[Si](C)(F)F. The van der Waals surface area contributed by atoms with Gasteiger partial charge in [0.05, 0.1) is 6.61 Å². The van der Waals surface area contributed by atoms with Crippen LogP contribution >= 0.6 is 0 Å². The Balaban J connectivity index is 3.41. The van der Waals surface area contributed by atoms with Crippen LogP contribution in [0, 0.1) is 0 Å². The molecule has 0 aliphatic carbocycles. The number of allylic oxidation sites excluding steroid dienone is 1. The molecule has 5 heteroatoms. The number of rotatable bonds is 5. The van der Waals surface area contributed by atoms with Crippen LogP contribution in [0.25, 0.3) is 0 Å². The lowest BCUT2D eigenvalue weighted by molar-refractivity contribution is -0.137. The Morgan fingerprint density at radius 1 is 1.54 bits per heavy atom. The summed E-state index contributed by atoms with van der Waals surface area (Å²) < 4.78 is 29.4. The van der Waals surface area contributed by atoms with Gasteiger partial charge in [0, 0.05) is 12.1 Å². The minimum atomic E-state index is -3.96. The van der Waals surface area contributed by atoms with Crippen molar-refractivity contribution in [3.63, 3.8) is 0 Å². The molecule has 0 rings (SSSR count). The third-order valence-corrected chi connectivity index (χ3v) is 2.54. The first-order valence-electron chi connectivity index (χ1n) is 4.13. The Kier molecular flexibility index (Phi) is 5.53. The number of carbonyl (C=O) groups excluding carboxylic acids is 1. The Morgan fingerprint density at radius 3 is 2.62 bits per heavy atom. The van der Waals surface area contributed by atoms with E-state index in [1.807, 2.05) is 0 Å². The van der Waals surface area contributed by atoms with Crippen molar-refractivity contribution >= 4 is 14.7 Å². The third kappa shape index (κ3) is 9.20. The van der Waals surface area contributed by atoms with Crippen molar-refractivity contribution in [2.24, 2.45) is 0 Å². The summed E-state index contributed by atoms with van der Waals surface area (Å²) in [6.45, 7) is 2.76. The van der Waals surface area contributed by atoms with Gasteiger partial charge in [-0.05, 0) is 19.9 Å². The molecule has 76 valence electrons. The number of carbonyl (C=O) groups is 1. The molecule has 0 bridgehead atoms. The van der Waals surface area contributed by atoms with Crippen LogP contribution in [0.1, 0.15) is 13.3 Å². The van der Waals surface area contributed by atoms with E-state index >= 15 is 0 Å². The smallest absolute Gasteiger partial charge is 0.422 e. The number of ether oxygens (including phenoxy) is 1. The highest BCUT2D eigenvalue weighted by atomic mass is 28.4. The molecule has 0 N–H and O–H groups in total. The average molecular weight is 208 g/mol. The standard InChI is InChI=1S/C8H14F2O2Si/c1-3-5-8(11)12-6-4-7-13(2,9)10/h3,5H,4,6-7H2,1-2H3. The molecule has 0 saturated heterocycles. The third-order valence-electron chi connectivity index (χ3n) is 1.31. The van der Waals surface area contributed by atoms with E-state index in [1.165, 1.54) is 6.08 Å². The highest BCUT2D eigenvalue weighted by Gasteiger charge is 2.26. The lowest BCUT2D eigenvalue weighted by atomic mass is 10.5. The lowest BCUT2D eigenvalue weighted by Crippen LogP contribution is -2.17. The van der Waals surface area contributed by atoms with E-state index in [0.717, 1.165) is 6.55 Å². The maximum absolute atomic E-state index is 12.4. The van der Waals surface area contributed by atoms with Gasteiger partial charge in [-0.1, -0.05) is 6.08 Å². The zero-order valence-corrected chi connectivity index (χ0v) is 8.85. The van der Waals surface area contributed by atoms with E-state index in [4.69, 9.17) is 0 Å². The molecule has 0 spiro atoms. The van der Waals surface area contributed by atoms with E-state index in [0.29, 0.717) is 0 Å². The van der Waals surface area contributed by atoms with Crippen LogP contribution in [0.3, 0.4) is 0 Å². The summed E-state index contributed by atoms with van der Waals surface area (Å²) in [5.41, 5.74) is 0. The van der Waals surface area contributed by atoms with E-state index < -0.39 is 14.7 Å². The first-order chi connectivity index (χ1) is 5.95. The molecule has 0 aromatic rings. The molecule has 0 aromatic carbocycles. The zero-order chi connectivity index (χ0) is 10.3. The minimum absolute atomic E-state index is 0.0829. The van der Waals surface area contributed by atoms with E-state index in [2.05, 4.69) is 4.74 Å². The molecule has 0 radical (unpaired) electrons. The quantitative estimate of drug-likeness (QED) is 0.228. The Labute approximate surface area is 77.9 Å². The number of hydrogen-bond acceptors (Lipinski definition) is 2. The summed E-state index contributed by atoms with van der Waals surface area (Å²) in [6.07, 6.45) is 3.06. The summed E-state index contributed by atoms with van der Waals surface area (Å²) in [7, 11) is -3.96. The predicted octanol–water partition coefficient (Wildman–Crippen LogP) is 2.51. The molecule has 0 aliphatic rings. The normalized spacial score (nSPS) is 12.0. The van der Waals surface area contributed by atoms with Gasteiger partial charge in [-0.2, -0.15) is 0 Å². The molecule has 0 amide bonds. The Morgan fingerprint density at radius 2 is 2.15 bits per heavy atom. The van der Waals surface area contributed by atoms with Gasteiger partial charge >= 0.3 is 14.7 Å². The van der Waals surface area contributed by atoms with Crippen molar-refractivity contribution in [1.29, 1.82) is 0 Å². The largest absolute Gasteiger partial charge is 0.463 e. The highest BCUT2D eigenvalue weighted by molar-refractivity contribution is 6.64. The zero-order valence-electron chi connectivity index (χ0n) is 7.85. The van der Waals surface area contributed by atoms with Crippen LogP contribution < -0.4 is 0 Å². The monoisotopic (exact) mass is 208 g/mol. The van der Waals surface area contributed by atoms with Gasteiger partial charge in [-0.25, -0.2) is 4.79 Å². The van der Waals surface area contributed by atoms with Crippen molar-refractivity contribution < 1.29 is 17.7 Å². The van der Waals surface area contributed by atoms with E-state index in [-0.39, 0.29) is 19.1 Å². The van der Waals surface area contributed by atoms with Gasteiger partial charge in [0.25, 0.3) is 0 Å². The van der Waals surface area contributed by atoms with Crippen LogP contribution in [0.15, 0.2) is 12.2 Å². The summed E-state index contributed by atoms with van der Waals surface area (Å²) in [4.78, 5) is 10.7. The van der Waals surface area contributed by atoms with E-state index in [9.17, 15) is 13.0 Å². The molecule has 0 unspecified atom stereocenters. The van der Waals surface area contributed by atoms with Crippen molar-refractivity contribution in [3.05, 3.63) is 12.2 Å². The number of esters is 1. The van der Waals surface area contributed by atoms with Gasteiger partial charge in [0.1, 0.15) is 0 Å². The minimum Gasteiger partial charge on any atom is -0.463 e. The Bertz CT molecular complexity index is 187. The second-order valence-electron chi connectivity index (χ2n) is 2.84. The van der Waals surface area contributed by atoms with Gasteiger partial charge in [0.2, 0.25) is 0 Å². The summed E-state index contributed by atoms with van der Waals surface area (Å²) in [5.74, 6) is -0.469. The van der Waals surface area contributed by atoms with Crippen LogP contribution in [0.4, 0.5) is 8.22 Å². The fourth-order valence-electron chi connectivity index (χ4n) is 0.740. The summed E-state index contributed by atoms with van der Waals surface area (Å²) >= 11 is 0.